The number of benzene rings is 2. The standard InChI is InChI=1S/C27H29ClN2O4S/c1-3-34-24(31)5-4-14-29(18-19-6-9-22(28)10-7-19)26(33)27(2)13-15-30(27)25(32)21-8-11-23-20(17-21)12-16-35-23/h6-12,16-17H,3-5,13-15,18H2,1-2H3. The molecule has 2 aromatic carbocycles. The van der Waals surface area contributed by atoms with Gasteiger partial charge in [-0.15, -0.1) is 11.3 Å². The van der Waals surface area contributed by atoms with Gasteiger partial charge in [-0.3, -0.25) is 14.4 Å². The third-order valence-electron chi connectivity index (χ3n) is 6.51. The van der Waals surface area contributed by atoms with Crippen LogP contribution in [0.15, 0.2) is 53.9 Å². The molecule has 2 heterocycles. The van der Waals surface area contributed by atoms with Crippen LogP contribution in [0.3, 0.4) is 0 Å². The Morgan fingerprint density at radius 2 is 1.91 bits per heavy atom. The molecule has 1 fully saturated rings. The van der Waals surface area contributed by atoms with E-state index in [1.165, 1.54) is 0 Å². The van der Waals surface area contributed by atoms with Gasteiger partial charge in [-0.25, -0.2) is 0 Å². The van der Waals surface area contributed by atoms with E-state index in [1.807, 2.05) is 48.7 Å². The monoisotopic (exact) mass is 512 g/mol. The van der Waals surface area contributed by atoms with E-state index in [0.717, 1.165) is 15.6 Å². The van der Waals surface area contributed by atoms with Crippen molar-refractivity contribution in [3.05, 3.63) is 70.1 Å². The second kappa shape index (κ2) is 10.8. The number of nitrogens with zero attached hydrogens (tertiary/aromatic N) is 2. The Morgan fingerprint density at radius 3 is 2.60 bits per heavy atom. The summed E-state index contributed by atoms with van der Waals surface area (Å²) in [5.74, 6) is -0.535. The zero-order valence-corrected chi connectivity index (χ0v) is 21.5. The van der Waals surface area contributed by atoms with Crippen molar-refractivity contribution in [3.8, 4) is 0 Å². The molecule has 1 atom stereocenters. The molecule has 0 saturated carbocycles. The van der Waals surface area contributed by atoms with Crippen LogP contribution in [0.4, 0.5) is 0 Å². The molecule has 2 amide bonds. The van der Waals surface area contributed by atoms with E-state index < -0.39 is 5.54 Å². The number of thiophene rings is 1. The molecule has 0 bridgehead atoms. The number of likely N-dealkylation sites (tertiary alicyclic amines) is 1. The first-order valence-corrected chi connectivity index (χ1v) is 13.1. The minimum Gasteiger partial charge on any atom is -0.466 e. The summed E-state index contributed by atoms with van der Waals surface area (Å²) >= 11 is 7.66. The lowest BCUT2D eigenvalue weighted by molar-refractivity contribution is -0.150. The van der Waals surface area contributed by atoms with Crippen molar-refractivity contribution < 1.29 is 19.1 Å². The lowest BCUT2D eigenvalue weighted by atomic mass is 9.84. The normalized spacial score (nSPS) is 17.2. The van der Waals surface area contributed by atoms with Crippen molar-refractivity contribution in [2.24, 2.45) is 0 Å². The van der Waals surface area contributed by atoms with E-state index in [2.05, 4.69) is 0 Å². The van der Waals surface area contributed by atoms with E-state index in [4.69, 9.17) is 16.3 Å². The van der Waals surface area contributed by atoms with Gasteiger partial charge in [-0.05, 0) is 79.4 Å². The highest BCUT2D eigenvalue weighted by atomic mass is 35.5. The van der Waals surface area contributed by atoms with E-state index in [1.54, 1.807) is 40.2 Å². The molecule has 1 aliphatic rings. The van der Waals surface area contributed by atoms with Gasteiger partial charge in [-0.1, -0.05) is 23.7 Å². The van der Waals surface area contributed by atoms with E-state index in [0.29, 0.717) is 49.7 Å². The first-order valence-electron chi connectivity index (χ1n) is 11.8. The fourth-order valence-corrected chi connectivity index (χ4v) is 5.31. The Morgan fingerprint density at radius 1 is 1.14 bits per heavy atom. The molecule has 4 rings (SSSR count). The Kier molecular flexibility index (Phi) is 7.77. The molecule has 1 aliphatic heterocycles. The second-order valence-corrected chi connectivity index (χ2v) is 10.3. The van der Waals surface area contributed by atoms with E-state index in [9.17, 15) is 14.4 Å². The summed E-state index contributed by atoms with van der Waals surface area (Å²) in [4.78, 5) is 42.5. The first-order chi connectivity index (χ1) is 16.8. The number of ether oxygens (including phenoxy) is 1. The number of carbonyl (C=O) groups excluding carboxylic acids is 3. The largest absolute Gasteiger partial charge is 0.466 e. The van der Waals surface area contributed by atoms with Crippen molar-refractivity contribution in [1.29, 1.82) is 0 Å². The number of amides is 2. The summed E-state index contributed by atoms with van der Waals surface area (Å²) < 4.78 is 6.15. The van der Waals surface area contributed by atoms with Crippen LogP contribution in [-0.4, -0.2) is 52.8 Å². The summed E-state index contributed by atoms with van der Waals surface area (Å²) in [5.41, 5.74) is 0.584. The van der Waals surface area contributed by atoms with Gasteiger partial charge in [0.2, 0.25) is 5.91 Å². The van der Waals surface area contributed by atoms with Gasteiger partial charge in [0.15, 0.2) is 0 Å². The topological polar surface area (TPSA) is 66.9 Å². The maximum atomic E-state index is 13.8. The Bertz CT molecular complexity index is 1230. The summed E-state index contributed by atoms with van der Waals surface area (Å²) in [6, 6.07) is 15.0. The molecule has 0 radical (unpaired) electrons. The van der Waals surface area contributed by atoms with E-state index in [-0.39, 0.29) is 24.2 Å². The molecule has 0 aliphatic carbocycles. The molecule has 0 spiro atoms. The zero-order chi connectivity index (χ0) is 25.0. The SMILES string of the molecule is CCOC(=O)CCCN(Cc1ccc(Cl)cc1)C(=O)C1(C)CCN1C(=O)c1ccc2sccc2c1. The Hall–Kier alpha value is -2.90. The van der Waals surface area contributed by atoms with Crippen LogP contribution < -0.4 is 0 Å². The van der Waals surface area contributed by atoms with Crippen molar-refractivity contribution in [2.45, 2.75) is 45.2 Å². The zero-order valence-electron chi connectivity index (χ0n) is 20.0. The Labute approximate surface area is 214 Å². The van der Waals surface area contributed by atoms with Crippen molar-refractivity contribution in [2.75, 3.05) is 19.7 Å². The highest BCUT2D eigenvalue weighted by Crippen LogP contribution is 2.35. The van der Waals surface area contributed by atoms with Crippen molar-refractivity contribution in [3.63, 3.8) is 0 Å². The highest BCUT2D eigenvalue weighted by Gasteiger charge is 2.51. The van der Waals surface area contributed by atoms with Crippen LogP contribution in [0.5, 0.6) is 0 Å². The molecule has 1 unspecified atom stereocenters. The third-order valence-corrected chi connectivity index (χ3v) is 7.66. The van der Waals surface area contributed by atoms with Gasteiger partial charge in [0.1, 0.15) is 5.54 Å². The summed E-state index contributed by atoms with van der Waals surface area (Å²) in [6.07, 6.45) is 1.31. The average molecular weight is 513 g/mol. The number of hydrogen-bond donors (Lipinski definition) is 0. The number of halogens is 1. The van der Waals surface area contributed by atoms with Crippen LogP contribution in [0.2, 0.25) is 5.02 Å². The second-order valence-electron chi connectivity index (χ2n) is 8.92. The molecule has 184 valence electrons. The predicted molar refractivity (Wildman–Crippen MR) is 139 cm³/mol. The summed E-state index contributed by atoms with van der Waals surface area (Å²) in [7, 11) is 0. The van der Waals surface area contributed by atoms with Gasteiger partial charge >= 0.3 is 5.97 Å². The third kappa shape index (κ3) is 5.52. The molecule has 1 aromatic heterocycles. The Balaban J connectivity index is 1.51. The van der Waals surface area contributed by atoms with E-state index >= 15 is 0 Å². The lowest BCUT2D eigenvalue weighted by Gasteiger charge is -2.51. The number of esters is 1. The molecular formula is C27H29ClN2O4S. The van der Waals surface area contributed by atoms with Gasteiger partial charge in [0.05, 0.1) is 6.61 Å². The van der Waals surface area contributed by atoms with Crippen LogP contribution in [0, 0.1) is 0 Å². The van der Waals surface area contributed by atoms with Crippen molar-refractivity contribution >= 4 is 50.8 Å². The van der Waals surface area contributed by atoms with Gasteiger partial charge in [-0.2, -0.15) is 0 Å². The van der Waals surface area contributed by atoms with Crippen LogP contribution in [-0.2, 0) is 20.9 Å². The smallest absolute Gasteiger partial charge is 0.305 e. The van der Waals surface area contributed by atoms with Crippen LogP contribution >= 0.6 is 22.9 Å². The highest BCUT2D eigenvalue weighted by molar-refractivity contribution is 7.17. The molecule has 35 heavy (non-hydrogen) atoms. The fraction of sp³-hybridized carbons (Fsp3) is 0.370. The minimum atomic E-state index is -0.933. The quantitative estimate of drug-likeness (QED) is 0.353. The van der Waals surface area contributed by atoms with Gasteiger partial charge in [0, 0.05) is 41.3 Å². The first kappa shape index (κ1) is 25.2. The predicted octanol–water partition coefficient (Wildman–Crippen LogP) is 5.53. The summed E-state index contributed by atoms with van der Waals surface area (Å²) in [5, 5.41) is 3.65. The van der Waals surface area contributed by atoms with Crippen LogP contribution in [0.1, 0.15) is 49.0 Å². The van der Waals surface area contributed by atoms with Crippen molar-refractivity contribution in [1.82, 2.24) is 9.80 Å². The number of rotatable bonds is 9. The maximum absolute atomic E-state index is 13.8. The lowest BCUT2D eigenvalue weighted by Crippen LogP contribution is -2.67. The molecule has 0 N–H and O–H groups in total. The van der Waals surface area contributed by atoms with Crippen LogP contribution in [0.25, 0.3) is 10.1 Å². The molecule has 6 nitrogen and oxygen atoms in total. The molecular weight excluding hydrogens is 484 g/mol. The minimum absolute atomic E-state index is 0.118. The number of carbonyl (C=O) groups is 3. The number of fused-ring (bicyclic) bond motifs is 1. The number of hydrogen-bond acceptors (Lipinski definition) is 5. The van der Waals surface area contributed by atoms with Gasteiger partial charge < -0.3 is 14.5 Å². The average Bonchev–Trinajstić information content (AvgIpc) is 3.31. The summed E-state index contributed by atoms with van der Waals surface area (Å²) in [6.45, 7) is 5.22. The molecule has 3 aromatic rings. The fourth-order valence-electron chi connectivity index (χ4n) is 4.41. The maximum Gasteiger partial charge on any atom is 0.305 e. The van der Waals surface area contributed by atoms with Gasteiger partial charge in [0.25, 0.3) is 5.91 Å². The molecule has 8 heteroatoms. The molecule has 1 saturated heterocycles.